The van der Waals surface area contributed by atoms with Gasteiger partial charge in [-0.15, -0.1) is 0 Å². The zero-order valence-corrected chi connectivity index (χ0v) is 8.45. The molecule has 0 amide bonds. The van der Waals surface area contributed by atoms with Crippen LogP contribution in [-0.2, 0) is 12.6 Å². The van der Waals surface area contributed by atoms with Crippen molar-refractivity contribution in [1.82, 2.24) is 0 Å². The van der Waals surface area contributed by atoms with Crippen LogP contribution in [-0.4, -0.2) is 11.7 Å². The minimum absolute atomic E-state index is 0. The predicted octanol–water partition coefficient (Wildman–Crippen LogP) is -2.98. The summed E-state index contributed by atoms with van der Waals surface area (Å²) >= 11 is 3.70. The van der Waals surface area contributed by atoms with Gasteiger partial charge in [-0.25, -0.2) is 5.26 Å². The number of hydrogen-bond acceptors (Lipinski definition) is 3. The Morgan fingerprint density at radius 3 is 1.86 bits per heavy atom. The molecule has 0 rings (SSSR count). The van der Waals surface area contributed by atoms with Gasteiger partial charge in [-0.05, 0) is 6.92 Å². The average molecular weight is 143 g/mol. The summed E-state index contributed by atoms with van der Waals surface area (Å²) in [4.78, 5) is 0. The van der Waals surface area contributed by atoms with Crippen molar-refractivity contribution < 1.29 is 56.5 Å². The number of nitrogens with zero attached hydrogens (tertiary/aromatic N) is 1. The number of rotatable bonds is 0. The van der Waals surface area contributed by atoms with Crippen molar-refractivity contribution in [3.05, 3.63) is 0 Å². The van der Waals surface area contributed by atoms with Gasteiger partial charge in [0.25, 0.3) is 0 Å². The molecule has 0 aliphatic rings. The predicted molar refractivity (Wildman–Crippen MR) is 25.7 cm³/mol. The molecule has 1 N–H and O–H groups in total. The van der Waals surface area contributed by atoms with Crippen LogP contribution in [0.25, 0.3) is 0 Å². The second-order valence-corrected chi connectivity index (χ2v) is 0.590. The van der Waals surface area contributed by atoms with Crippen LogP contribution in [0.15, 0.2) is 0 Å². The molecule has 0 saturated heterocycles. The molecule has 0 radical (unpaired) electrons. The molecule has 0 bridgehead atoms. The minimum Gasteiger partial charge on any atom is -0.696 e. The molecule has 0 unspecified atom stereocenters. The van der Waals surface area contributed by atoms with Gasteiger partial charge in [-0.3, -0.25) is 0 Å². The van der Waals surface area contributed by atoms with E-state index >= 15 is 0 Å². The van der Waals surface area contributed by atoms with Gasteiger partial charge >= 0.3 is 51.4 Å². The molecule has 0 aromatic carbocycles. The summed E-state index contributed by atoms with van der Waals surface area (Å²) in [5.41, 5.74) is 0. The first-order valence-corrected chi connectivity index (χ1v) is 1.86. The smallest absolute Gasteiger partial charge is 0.696 e. The van der Waals surface area contributed by atoms with Crippen molar-refractivity contribution >= 4 is 12.6 Å². The van der Waals surface area contributed by atoms with Crippen LogP contribution in [0.1, 0.15) is 6.92 Å². The van der Waals surface area contributed by atoms with Gasteiger partial charge in [0.1, 0.15) is 0 Å². The van der Waals surface area contributed by atoms with E-state index in [0.29, 0.717) is 0 Å². The third-order valence-corrected chi connectivity index (χ3v) is 0. The molecule has 0 saturated carbocycles. The van der Waals surface area contributed by atoms with Crippen molar-refractivity contribution in [2.75, 3.05) is 6.61 Å². The van der Waals surface area contributed by atoms with Gasteiger partial charge in [0.15, 0.2) is 0 Å². The zero-order valence-electron chi connectivity index (χ0n) is 4.51. The Morgan fingerprint density at radius 2 is 1.86 bits per heavy atom. The van der Waals surface area contributed by atoms with E-state index in [4.69, 9.17) is 10.4 Å². The van der Waals surface area contributed by atoms with Gasteiger partial charge in [0, 0.05) is 6.61 Å². The van der Waals surface area contributed by atoms with Gasteiger partial charge in [-0.2, -0.15) is 0 Å². The quantitative estimate of drug-likeness (QED) is 0.223. The topological polar surface area (TPSA) is 44.0 Å². The largest absolute Gasteiger partial charge is 1.00 e. The van der Waals surface area contributed by atoms with Crippen LogP contribution >= 0.6 is 0 Å². The van der Waals surface area contributed by atoms with E-state index in [2.05, 4.69) is 12.6 Å². The van der Waals surface area contributed by atoms with E-state index < -0.39 is 0 Å². The fraction of sp³-hybridized carbons (Fsp3) is 0.667. The van der Waals surface area contributed by atoms with Crippen molar-refractivity contribution in [3.63, 3.8) is 0 Å². The second-order valence-electron chi connectivity index (χ2n) is 0.408. The van der Waals surface area contributed by atoms with E-state index in [-0.39, 0.29) is 58.0 Å². The second kappa shape index (κ2) is 26.6. The van der Waals surface area contributed by atoms with E-state index in [9.17, 15) is 0 Å². The maximum absolute atomic E-state index is 7.57. The van der Waals surface area contributed by atoms with Gasteiger partial charge in [0.2, 0.25) is 0 Å². The molecule has 0 fully saturated rings. The molecule has 4 heteroatoms. The fourth-order valence-corrected chi connectivity index (χ4v) is 0. The van der Waals surface area contributed by atoms with Crippen molar-refractivity contribution in [2.24, 2.45) is 0 Å². The summed E-state index contributed by atoms with van der Waals surface area (Å²) < 4.78 is 0. The van der Waals surface area contributed by atoms with Crippen molar-refractivity contribution in [2.45, 2.75) is 6.92 Å². The molecule has 0 aliphatic heterocycles. The average Bonchev–Trinajstić information content (AvgIpc) is 1.39. The maximum Gasteiger partial charge on any atom is 1.00 e. The standard InChI is InChI=1S/C2H6O.CHNS.K/c1-2-3;2-1-3;/h3H,2H2,1H3;3H;/q;;+1/p-1. The zero-order chi connectivity index (χ0) is 5.41. The summed E-state index contributed by atoms with van der Waals surface area (Å²) in [5.74, 6) is 0. The molecule has 36 valence electrons. The third-order valence-electron chi connectivity index (χ3n) is 0. The van der Waals surface area contributed by atoms with Gasteiger partial charge < -0.3 is 17.7 Å². The number of nitriles is 1. The third kappa shape index (κ3) is 121. The molecule has 0 spiro atoms. The van der Waals surface area contributed by atoms with Crippen LogP contribution < -0.4 is 51.4 Å². The van der Waals surface area contributed by atoms with Crippen LogP contribution in [0.2, 0.25) is 0 Å². The molecule has 0 aromatic heterocycles. The summed E-state index contributed by atoms with van der Waals surface area (Å²) in [6.07, 6.45) is 0. The maximum atomic E-state index is 7.57. The first-order chi connectivity index (χ1) is 2.83. The summed E-state index contributed by atoms with van der Waals surface area (Å²) in [7, 11) is 0. The Balaban J connectivity index is -0.0000000400. The molecule has 0 atom stereocenters. The fourth-order valence-electron chi connectivity index (χ4n) is 0. The molecule has 2 nitrogen and oxygen atoms in total. The summed E-state index contributed by atoms with van der Waals surface area (Å²) in [6.45, 7) is 1.93. The van der Waals surface area contributed by atoms with E-state index in [1.165, 1.54) is 5.40 Å². The summed E-state index contributed by atoms with van der Waals surface area (Å²) in [6, 6.07) is 0. The first kappa shape index (κ1) is 15.7. The van der Waals surface area contributed by atoms with Gasteiger partial charge in [-0.1, -0.05) is 5.40 Å². The van der Waals surface area contributed by atoms with Crippen molar-refractivity contribution in [1.29, 1.82) is 5.26 Å². The normalized spacial score (nSPS) is 3.57. The Hall–Kier alpha value is 1.31. The van der Waals surface area contributed by atoms with Crippen LogP contribution in [0, 0.1) is 10.7 Å². The van der Waals surface area contributed by atoms with E-state index in [0.717, 1.165) is 0 Å². The molecule has 0 aliphatic carbocycles. The number of thiocyanates is 1. The SMILES string of the molecule is CCO.N#C[S-].[K+]. The van der Waals surface area contributed by atoms with Gasteiger partial charge in [0.05, 0.1) is 0 Å². The number of aliphatic hydroxyl groups excluding tert-OH is 1. The molecular formula is C3H6KNOS. The van der Waals surface area contributed by atoms with Crippen LogP contribution in [0.5, 0.6) is 0 Å². The molecule has 7 heavy (non-hydrogen) atoms. The Morgan fingerprint density at radius 1 is 1.86 bits per heavy atom. The number of aliphatic hydroxyl groups is 1. The Labute approximate surface area is 91.7 Å². The Bertz CT molecular complexity index is 44.7. The van der Waals surface area contributed by atoms with E-state index in [1.807, 2.05) is 0 Å². The molecule has 0 aromatic rings. The van der Waals surface area contributed by atoms with Crippen LogP contribution in [0.4, 0.5) is 0 Å². The first-order valence-electron chi connectivity index (χ1n) is 1.45. The number of hydrogen-bond donors (Lipinski definition) is 1. The van der Waals surface area contributed by atoms with E-state index in [1.54, 1.807) is 6.92 Å². The van der Waals surface area contributed by atoms with Crippen LogP contribution in [0.3, 0.4) is 0 Å². The molecule has 0 heterocycles. The Kier molecular flexibility index (Phi) is 59.8. The van der Waals surface area contributed by atoms with Crippen molar-refractivity contribution in [3.8, 4) is 5.40 Å². The minimum atomic E-state index is 0. The summed E-state index contributed by atoms with van der Waals surface area (Å²) in [5, 5.41) is 16.0. The molecular weight excluding hydrogens is 137 g/mol. The monoisotopic (exact) mass is 143 g/mol.